The van der Waals surface area contributed by atoms with Crippen LogP contribution < -0.4 is 5.32 Å². The van der Waals surface area contributed by atoms with Crippen molar-refractivity contribution in [1.82, 2.24) is 5.32 Å². The molecule has 1 atom stereocenters. The highest BCUT2D eigenvalue weighted by Crippen LogP contribution is 2.25. The zero-order valence-corrected chi connectivity index (χ0v) is 11.5. The molecule has 1 N–H and O–H groups in total. The second kappa shape index (κ2) is 6.01. The molecule has 0 fully saturated rings. The first-order valence-electron chi connectivity index (χ1n) is 5.04. The predicted molar refractivity (Wildman–Crippen MR) is 71.3 cm³/mol. The number of fused-ring (bicyclic) bond motifs is 1. The smallest absolute Gasteiger partial charge is 0.0574 e. The Morgan fingerprint density at radius 3 is 2.38 bits per heavy atom. The van der Waals surface area contributed by atoms with Crippen molar-refractivity contribution in [2.75, 3.05) is 19.3 Å². The van der Waals surface area contributed by atoms with Gasteiger partial charge in [-0.15, -0.1) is 12.4 Å². The summed E-state index contributed by atoms with van der Waals surface area (Å²) in [5, 5.41) is 3.98. The van der Waals surface area contributed by atoms with E-state index in [1.54, 1.807) is 6.26 Å². The average molecular weight is 280 g/mol. The third-order valence-corrected chi connectivity index (χ3v) is 4.09. The van der Waals surface area contributed by atoms with Crippen LogP contribution in [-0.4, -0.2) is 23.6 Å². The topological polar surface area (TPSA) is 29.1 Å². The van der Waals surface area contributed by atoms with Gasteiger partial charge < -0.3 is 5.32 Å². The number of hydrogen-bond acceptors (Lipinski definition) is 2. The largest absolute Gasteiger partial charge is 0.316 e. The van der Waals surface area contributed by atoms with Gasteiger partial charge in [-0.3, -0.25) is 4.21 Å². The molecule has 1 aliphatic heterocycles. The molecule has 1 unspecified atom stereocenters. The van der Waals surface area contributed by atoms with Crippen molar-refractivity contribution in [2.24, 2.45) is 0 Å². The molecule has 0 saturated heterocycles. The maximum absolute atomic E-state index is 11.4. The van der Waals surface area contributed by atoms with E-state index in [9.17, 15) is 4.21 Å². The molecule has 2 nitrogen and oxygen atoms in total. The fourth-order valence-corrected chi connectivity index (χ4v) is 3.05. The van der Waals surface area contributed by atoms with E-state index in [0.717, 1.165) is 30.8 Å². The lowest BCUT2D eigenvalue weighted by atomic mass is 10.0. The quantitative estimate of drug-likeness (QED) is 0.854. The first-order valence-corrected chi connectivity index (χ1v) is 6.97. The van der Waals surface area contributed by atoms with E-state index < -0.39 is 10.8 Å². The minimum absolute atomic E-state index is 0. The second-order valence-electron chi connectivity index (χ2n) is 3.76. The number of rotatable bonds is 1. The summed E-state index contributed by atoms with van der Waals surface area (Å²) in [4.78, 5) is 0.761. The normalized spacial score (nSPS) is 16.9. The first kappa shape index (κ1) is 14.0. The number of nitrogens with one attached hydrogen (secondary N) is 1. The van der Waals surface area contributed by atoms with Gasteiger partial charge in [-0.05, 0) is 49.2 Å². The molecule has 0 bridgehead atoms. The van der Waals surface area contributed by atoms with Crippen LogP contribution in [0.5, 0.6) is 0 Å². The van der Waals surface area contributed by atoms with Gasteiger partial charge in [0.1, 0.15) is 0 Å². The molecule has 16 heavy (non-hydrogen) atoms. The fourth-order valence-electron chi connectivity index (χ4n) is 1.89. The van der Waals surface area contributed by atoms with Crippen molar-refractivity contribution >= 4 is 34.8 Å². The Balaban J connectivity index is 0.00000128. The Hall–Kier alpha value is -0.0900. The monoisotopic (exact) mass is 279 g/mol. The molecule has 0 aromatic heterocycles. The zero-order chi connectivity index (χ0) is 10.8. The van der Waals surface area contributed by atoms with Crippen molar-refractivity contribution in [1.29, 1.82) is 0 Å². The summed E-state index contributed by atoms with van der Waals surface area (Å²) in [6.07, 6.45) is 3.67. The highest BCUT2D eigenvalue weighted by atomic mass is 35.5. The van der Waals surface area contributed by atoms with Crippen molar-refractivity contribution in [3.05, 3.63) is 28.3 Å². The van der Waals surface area contributed by atoms with Gasteiger partial charge in [-0.2, -0.15) is 0 Å². The van der Waals surface area contributed by atoms with Crippen LogP contribution in [0.25, 0.3) is 0 Å². The van der Waals surface area contributed by atoms with E-state index in [0.29, 0.717) is 5.02 Å². The van der Waals surface area contributed by atoms with Gasteiger partial charge in [0.2, 0.25) is 0 Å². The summed E-state index contributed by atoms with van der Waals surface area (Å²) >= 11 is 6.10. The van der Waals surface area contributed by atoms with Crippen LogP contribution in [0.1, 0.15) is 11.1 Å². The van der Waals surface area contributed by atoms with Crippen LogP contribution in [0.4, 0.5) is 0 Å². The molecular formula is C11H15Cl2NOS. The lowest BCUT2D eigenvalue weighted by Gasteiger charge is -2.09. The van der Waals surface area contributed by atoms with Crippen molar-refractivity contribution in [3.63, 3.8) is 0 Å². The molecule has 0 radical (unpaired) electrons. The third kappa shape index (κ3) is 2.98. The molecule has 0 aliphatic carbocycles. The molecule has 1 aliphatic rings. The summed E-state index contributed by atoms with van der Waals surface area (Å²) in [6.45, 7) is 1.99. The summed E-state index contributed by atoms with van der Waals surface area (Å²) in [6, 6.07) is 3.97. The Bertz CT molecular complexity index is 409. The third-order valence-electron chi connectivity index (χ3n) is 2.71. The van der Waals surface area contributed by atoms with Gasteiger partial charge >= 0.3 is 0 Å². The SMILES string of the molecule is CS(=O)c1cc2c(cc1Cl)CCNCC2.Cl. The van der Waals surface area contributed by atoms with E-state index in [-0.39, 0.29) is 12.4 Å². The second-order valence-corrected chi connectivity index (χ2v) is 5.51. The van der Waals surface area contributed by atoms with Crippen LogP contribution in [0, 0.1) is 0 Å². The maximum Gasteiger partial charge on any atom is 0.0574 e. The Morgan fingerprint density at radius 2 is 1.81 bits per heavy atom. The highest BCUT2D eigenvalue weighted by Gasteiger charge is 2.12. The molecule has 1 aromatic rings. The highest BCUT2D eigenvalue weighted by molar-refractivity contribution is 7.84. The van der Waals surface area contributed by atoms with E-state index >= 15 is 0 Å². The molecule has 0 amide bonds. The molecule has 90 valence electrons. The van der Waals surface area contributed by atoms with Gasteiger partial charge in [0, 0.05) is 6.26 Å². The van der Waals surface area contributed by atoms with Crippen molar-refractivity contribution < 1.29 is 4.21 Å². The predicted octanol–water partition coefficient (Wildman–Crippen LogP) is 2.19. The summed E-state index contributed by atoms with van der Waals surface area (Å²) in [5.41, 5.74) is 2.58. The average Bonchev–Trinajstić information content (AvgIpc) is 2.40. The van der Waals surface area contributed by atoms with Gasteiger partial charge in [0.25, 0.3) is 0 Å². The first-order chi connectivity index (χ1) is 7.18. The molecular weight excluding hydrogens is 265 g/mol. The van der Waals surface area contributed by atoms with Crippen LogP contribution in [0.3, 0.4) is 0 Å². The molecule has 0 spiro atoms. The van der Waals surface area contributed by atoms with Gasteiger partial charge in [0.05, 0.1) is 20.7 Å². The summed E-state index contributed by atoms with van der Waals surface area (Å²) in [5.74, 6) is 0. The Kier molecular flexibility index (Phi) is 5.25. The minimum Gasteiger partial charge on any atom is -0.316 e. The van der Waals surface area contributed by atoms with Crippen LogP contribution in [0.15, 0.2) is 17.0 Å². The van der Waals surface area contributed by atoms with Crippen molar-refractivity contribution in [2.45, 2.75) is 17.7 Å². The van der Waals surface area contributed by atoms with Gasteiger partial charge in [-0.25, -0.2) is 0 Å². The van der Waals surface area contributed by atoms with Crippen LogP contribution >= 0.6 is 24.0 Å². The summed E-state index contributed by atoms with van der Waals surface area (Å²) < 4.78 is 11.4. The number of benzene rings is 1. The van der Waals surface area contributed by atoms with E-state index in [2.05, 4.69) is 5.32 Å². The molecule has 1 aromatic carbocycles. The van der Waals surface area contributed by atoms with E-state index in [1.807, 2.05) is 12.1 Å². The molecule has 0 saturated carbocycles. The van der Waals surface area contributed by atoms with Gasteiger partial charge in [0.15, 0.2) is 0 Å². The van der Waals surface area contributed by atoms with Crippen LogP contribution in [0.2, 0.25) is 5.02 Å². The van der Waals surface area contributed by atoms with Crippen molar-refractivity contribution in [3.8, 4) is 0 Å². The Morgan fingerprint density at radius 1 is 1.25 bits per heavy atom. The fraction of sp³-hybridized carbons (Fsp3) is 0.455. The molecule has 1 heterocycles. The van der Waals surface area contributed by atoms with Gasteiger partial charge in [-0.1, -0.05) is 11.6 Å². The Labute approximate surface area is 110 Å². The van der Waals surface area contributed by atoms with E-state index in [1.165, 1.54) is 11.1 Å². The lowest BCUT2D eigenvalue weighted by molar-refractivity contribution is 0.686. The minimum atomic E-state index is -0.997. The lowest BCUT2D eigenvalue weighted by Crippen LogP contribution is -2.16. The number of hydrogen-bond donors (Lipinski definition) is 1. The zero-order valence-electron chi connectivity index (χ0n) is 9.09. The maximum atomic E-state index is 11.4. The standard InChI is InChI=1S/C11H14ClNOS.ClH/c1-15(14)11-7-9-3-5-13-4-2-8(9)6-10(11)12;/h6-7,13H,2-5H2,1H3;1H. The summed E-state index contributed by atoms with van der Waals surface area (Å²) in [7, 11) is -0.997. The molecule has 2 rings (SSSR count). The number of halogens is 2. The van der Waals surface area contributed by atoms with E-state index in [4.69, 9.17) is 11.6 Å². The molecule has 5 heteroatoms. The van der Waals surface area contributed by atoms with Crippen LogP contribution in [-0.2, 0) is 23.6 Å².